The van der Waals surface area contributed by atoms with Crippen LogP contribution in [0, 0.1) is 13.8 Å². The number of hydrogen-bond acceptors (Lipinski definition) is 6. The Morgan fingerprint density at radius 1 is 0.391 bits per heavy atom. The molecule has 0 radical (unpaired) electrons. The van der Waals surface area contributed by atoms with E-state index >= 15 is 0 Å². The summed E-state index contributed by atoms with van der Waals surface area (Å²) in [5.41, 5.74) is 7.29. The van der Waals surface area contributed by atoms with Crippen LogP contribution in [-0.4, -0.2) is 49.0 Å². The fraction of sp³-hybridized carbons (Fsp3) is 0.0556. The maximum atomic E-state index is 5.11. The zero-order valence-corrected chi connectivity index (χ0v) is 25.0. The Morgan fingerprint density at radius 3 is 1.09 bits per heavy atom. The normalized spacial score (nSPS) is 11.7. The van der Waals surface area contributed by atoms with Crippen molar-refractivity contribution in [3.05, 3.63) is 121 Å². The number of aromatic nitrogens is 10. The molecule has 0 saturated carbocycles. The summed E-state index contributed by atoms with van der Waals surface area (Å²) in [6, 6.07) is 36.3. The molecule has 9 aromatic rings. The molecule has 0 saturated heterocycles. The summed E-state index contributed by atoms with van der Waals surface area (Å²) >= 11 is 0. The van der Waals surface area contributed by atoms with Crippen LogP contribution in [0.25, 0.3) is 78.4 Å². The first-order chi connectivity index (χ1) is 22.6. The van der Waals surface area contributed by atoms with Crippen molar-refractivity contribution in [3.63, 3.8) is 0 Å². The molecule has 0 aliphatic heterocycles. The molecule has 220 valence electrons. The molecule has 10 nitrogen and oxygen atoms in total. The van der Waals surface area contributed by atoms with E-state index in [1.54, 1.807) is 0 Å². The quantitative estimate of drug-likeness (QED) is 0.212. The van der Waals surface area contributed by atoms with Crippen LogP contribution in [0.3, 0.4) is 0 Å². The van der Waals surface area contributed by atoms with E-state index in [-0.39, 0.29) is 0 Å². The van der Waals surface area contributed by atoms with Crippen LogP contribution >= 0.6 is 0 Å². The van der Waals surface area contributed by atoms with E-state index in [1.807, 2.05) is 132 Å². The number of fused-ring (bicyclic) bond motifs is 14. The van der Waals surface area contributed by atoms with Crippen molar-refractivity contribution in [1.82, 2.24) is 49.0 Å². The van der Waals surface area contributed by atoms with Gasteiger partial charge in [0.25, 0.3) is 0 Å². The number of H-pyrrole nitrogens is 2. The molecule has 0 aliphatic carbocycles. The Balaban J connectivity index is 1.52. The highest BCUT2D eigenvalue weighted by molar-refractivity contribution is 6.05. The minimum Gasteiger partial charge on any atom is -0.324 e. The van der Waals surface area contributed by atoms with Crippen LogP contribution in [0.1, 0.15) is 11.4 Å². The first-order valence-electron chi connectivity index (χ1n) is 15.0. The third kappa shape index (κ3) is 4.04. The summed E-state index contributed by atoms with van der Waals surface area (Å²) in [7, 11) is 0. The van der Waals surface area contributed by atoms with Gasteiger partial charge in [-0.2, -0.15) is 19.9 Å². The summed E-state index contributed by atoms with van der Waals surface area (Å²) in [4.78, 5) is 37.3. The SMILES string of the molecule is Cc1c2nc3[nH]c(nc4nc(nc5[nH]c(nc(n2)n1-c1ccccc1)c1ccccc51)c(C)n4-c1ccccc1)c1ccccc31. The molecule has 46 heavy (non-hydrogen) atoms. The van der Waals surface area contributed by atoms with Gasteiger partial charge in [-0.15, -0.1) is 0 Å². The van der Waals surface area contributed by atoms with Crippen LogP contribution in [0.15, 0.2) is 109 Å². The second kappa shape index (κ2) is 10.1. The molecule has 9 rings (SSSR count). The monoisotopic (exact) mass is 598 g/mol. The smallest absolute Gasteiger partial charge is 0.238 e. The molecule has 0 unspecified atom stereocenters. The van der Waals surface area contributed by atoms with E-state index in [2.05, 4.69) is 9.97 Å². The lowest BCUT2D eigenvalue weighted by atomic mass is 10.2. The molecule has 0 aliphatic rings. The van der Waals surface area contributed by atoms with Crippen LogP contribution in [0.2, 0.25) is 0 Å². The van der Waals surface area contributed by atoms with E-state index < -0.39 is 0 Å². The number of aromatic amines is 2. The highest BCUT2D eigenvalue weighted by Crippen LogP contribution is 2.27. The van der Waals surface area contributed by atoms with E-state index in [1.165, 1.54) is 0 Å². The van der Waals surface area contributed by atoms with E-state index in [0.29, 0.717) is 45.4 Å². The molecule has 0 spiro atoms. The van der Waals surface area contributed by atoms with Crippen molar-refractivity contribution in [2.75, 3.05) is 0 Å². The van der Waals surface area contributed by atoms with Gasteiger partial charge in [-0.05, 0) is 38.1 Å². The molecular weight excluding hydrogens is 572 g/mol. The van der Waals surface area contributed by atoms with Gasteiger partial charge >= 0.3 is 0 Å². The average molecular weight is 599 g/mol. The highest BCUT2D eigenvalue weighted by Gasteiger charge is 2.16. The zero-order chi connectivity index (χ0) is 30.8. The van der Waals surface area contributed by atoms with Gasteiger partial charge in [-0.25, -0.2) is 9.97 Å². The summed E-state index contributed by atoms with van der Waals surface area (Å²) in [6.07, 6.45) is 0. The van der Waals surface area contributed by atoms with Crippen molar-refractivity contribution in [2.24, 2.45) is 0 Å². The number of imidazole rings is 2. The molecule has 0 fully saturated rings. The first kappa shape index (κ1) is 26.0. The second-order valence-corrected chi connectivity index (χ2v) is 11.2. The zero-order valence-electron chi connectivity index (χ0n) is 25.0. The van der Waals surface area contributed by atoms with Gasteiger partial charge in [0.2, 0.25) is 11.6 Å². The predicted molar refractivity (Wildman–Crippen MR) is 182 cm³/mol. The molecule has 0 atom stereocenters. The average Bonchev–Trinajstić information content (AvgIpc) is 3.80. The van der Waals surface area contributed by atoms with Crippen LogP contribution in [0.4, 0.5) is 0 Å². The van der Waals surface area contributed by atoms with Gasteiger partial charge in [0, 0.05) is 32.9 Å². The summed E-state index contributed by atoms with van der Waals surface area (Å²) in [5.74, 6) is 1.00. The third-order valence-corrected chi connectivity index (χ3v) is 8.37. The van der Waals surface area contributed by atoms with Crippen LogP contribution in [-0.2, 0) is 0 Å². The summed E-state index contributed by atoms with van der Waals surface area (Å²) in [5, 5.41) is 3.71. The van der Waals surface area contributed by atoms with Gasteiger partial charge in [0.1, 0.15) is 22.6 Å². The van der Waals surface area contributed by atoms with Crippen molar-refractivity contribution in [1.29, 1.82) is 0 Å². The van der Waals surface area contributed by atoms with Gasteiger partial charge in [-0.1, -0.05) is 84.9 Å². The van der Waals surface area contributed by atoms with Gasteiger partial charge in [0.05, 0.1) is 11.4 Å². The summed E-state index contributed by atoms with van der Waals surface area (Å²) < 4.78 is 4.05. The maximum Gasteiger partial charge on any atom is 0.238 e. The number of hydrogen-bond donors (Lipinski definition) is 2. The molecular formula is C36H26N10. The minimum absolute atomic E-state index is 0.501. The molecule has 2 N–H and O–H groups in total. The lowest BCUT2D eigenvalue weighted by molar-refractivity contribution is 1.03. The van der Waals surface area contributed by atoms with E-state index in [4.69, 9.17) is 29.9 Å². The molecule has 10 heteroatoms. The maximum absolute atomic E-state index is 5.11. The third-order valence-electron chi connectivity index (χ3n) is 8.37. The van der Waals surface area contributed by atoms with E-state index in [0.717, 1.165) is 44.3 Å². The molecule has 4 aromatic carbocycles. The molecule has 5 heterocycles. The van der Waals surface area contributed by atoms with Crippen molar-refractivity contribution < 1.29 is 0 Å². The Labute approximate surface area is 261 Å². The van der Waals surface area contributed by atoms with Gasteiger partial charge < -0.3 is 9.97 Å². The first-order valence-corrected chi connectivity index (χ1v) is 15.0. The topological polar surface area (TPSA) is 119 Å². The Kier molecular flexibility index (Phi) is 5.69. The summed E-state index contributed by atoms with van der Waals surface area (Å²) in [6.45, 7) is 4.02. The highest BCUT2D eigenvalue weighted by atomic mass is 15.2. The number of aryl methyl sites for hydroxylation is 2. The van der Waals surface area contributed by atoms with Gasteiger partial charge in [0.15, 0.2) is 11.3 Å². The largest absolute Gasteiger partial charge is 0.324 e. The van der Waals surface area contributed by atoms with Gasteiger partial charge in [-0.3, -0.25) is 9.13 Å². The standard InChI is InChI=1S/C36H26N10/c1-21-29-37-31-25-17-9-11-19-27(25)34(39-31)44-36-42-30(22(2)46(36)24-15-7-4-8-16-24)38-32-26-18-10-12-20-28(26)33(40-32)43-35(41-29)45(21)23-13-5-3-6-14-23/h3-20H,1-2H3,(H,37,39,42,44)(H,38,40,41,43). The predicted octanol–water partition coefficient (Wildman–Crippen LogP) is 7.52. The molecule has 5 aromatic heterocycles. The minimum atomic E-state index is 0.501. The van der Waals surface area contributed by atoms with E-state index in [9.17, 15) is 0 Å². The Hall–Kier alpha value is -6.42. The number of rotatable bonds is 2. The Bertz CT molecular complexity index is 2530. The lowest BCUT2D eigenvalue weighted by Gasteiger charge is -2.04. The molecule has 8 bridgehead atoms. The number of benzene rings is 4. The second-order valence-electron chi connectivity index (χ2n) is 11.2. The number of nitrogens with zero attached hydrogens (tertiary/aromatic N) is 8. The number of nitrogens with one attached hydrogen (secondary N) is 2. The van der Waals surface area contributed by atoms with Crippen LogP contribution < -0.4 is 0 Å². The Morgan fingerprint density at radius 2 is 0.717 bits per heavy atom. The van der Waals surface area contributed by atoms with Crippen molar-refractivity contribution in [2.45, 2.75) is 13.8 Å². The molecule has 0 amide bonds. The van der Waals surface area contributed by atoms with Crippen LogP contribution in [0.5, 0.6) is 0 Å². The van der Waals surface area contributed by atoms with Crippen molar-refractivity contribution in [3.8, 4) is 11.4 Å². The lowest BCUT2D eigenvalue weighted by Crippen LogP contribution is -1.97. The van der Waals surface area contributed by atoms with Crippen molar-refractivity contribution >= 4 is 67.0 Å². The fourth-order valence-electron chi connectivity index (χ4n) is 6.14. The number of para-hydroxylation sites is 2. The fourth-order valence-corrected chi connectivity index (χ4v) is 6.14.